The Morgan fingerprint density at radius 3 is 2.27 bits per heavy atom. The molecule has 2 aromatic heterocycles. The predicted octanol–water partition coefficient (Wildman–Crippen LogP) is 7.10. The van der Waals surface area contributed by atoms with Crippen molar-refractivity contribution in [2.45, 2.75) is 97.9 Å². The molecule has 0 spiro atoms. The summed E-state index contributed by atoms with van der Waals surface area (Å²) in [5.41, 5.74) is 11.0. The Hall–Kier alpha value is -2.41. The number of ether oxygens (including phenoxy) is 3. The number of primary amides is 1. The van der Waals surface area contributed by atoms with Crippen molar-refractivity contribution in [1.82, 2.24) is 14.3 Å². The minimum absolute atomic E-state index is 0.216. The van der Waals surface area contributed by atoms with E-state index in [0.29, 0.717) is 25.8 Å². The van der Waals surface area contributed by atoms with Gasteiger partial charge in [-0.3, -0.25) is 0 Å². The number of carbonyl (C=O) groups excluding carboxylic acids is 1. The Morgan fingerprint density at radius 2 is 1.65 bits per heavy atom. The Bertz CT molecular complexity index is 1350. The maximum absolute atomic E-state index is 11.4. The molecular formula is C30H48N4O4Si2. The van der Waals surface area contributed by atoms with Crippen LogP contribution in [0.5, 0.6) is 5.75 Å². The van der Waals surface area contributed by atoms with E-state index in [-0.39, 0.29) is 5.41 Å². The van der Waals surface area contributed by atoms with Gasteiger partial charge in [0.15, 0.2) is 0 Å². The van der Waals surface area contributed by atoms with Gasteiger partial charge in [-0.1, -0.05) is 53.1 Å². The molecule has 0 bridgehead atoms. The number of carbonyl (C=O) groups is 1. The zero-order valence-corrected chi connectivity index (χ0v) is 27.7. The first-order valence-electron chi connectivity index (χ1n) is 14.5. The van der Waals surface area contributed by atoms with E-state index in [1.807, 2.05) is 12.1 Å². The minimum atomic E-state index is -1.23. The third kappa shape index (κ3) is 7.86. The molecule has 10 heteroatoms. The number of nitrogens with two attached hydrogens (primary N) is 1. The molecule has 0 unspecified atom stereocenters. The average molecular weight is 585 g/mol. The summed E-state index contributed by atoms with van der Waals surface area (Å²) >= 11 is 0. The van der Waals surface area contributed by atoms with Crippen LogP contribution in [0.4, 0.5) is 4.79 Å². The fourth-order valence-corrected chi connectivity index (χ4v) is 6.64. The lowest BCUT2D eigenvalue weighted by Crippen LogP contribution is -2.25. The number of rotatable bonds is 12. The largest absolute Gasteiger partial charge is 0.410 e. The van der Waals surface area contributed by atoms with E-state index in [9.17, 15) is 4.79 Å². The second-order valence-corrected chi connectivity index (χ2v) is 25.7. The molecule has 0 aliphatic heterocycles. The molecule has 0 radical (unpaired) electrons. The number of hydrogen-bond donors (Lipinski definition) is 1. The van der Waals surface area contributed by atoms with E-state index in [0.717, 1.165) is 60.2 Å². The summed E-state index contributed by atoms with van der Waals surface area (Å²) < 4.78 is 21.9. The highest BCUT2D eigenvalue weighted by atomic mass is 28.3. The van der Waals surface area contributed by atoms with Gasteiger partial charge in [-0.25, -0.2) is 9.48 Å². The molecule has 40 heavy (non-hydrogen) atoms. The second-order valence-electron chi connectivity index (χ2n) is 14.4. The van der Waals surface area contributed by atoms with Crippen molar-refractivity contribution in [3.8, 4) is 17.1 Å². The second kappa shape index (κ2) is 11.8. The summed E-state index contributed by atoms with van der Waals surface area (Å²) in [6.07, 6.45) is 2.23. The van der Waals surface area contributed by atoms with E-state index < -0.39 is 22.2 Å². The maximum Gasteiger partial charge on any atom is 0.409 e. The van der Waals surface area contributed by atoms with Crippen molar-refractivity contribution in [2.75, 3.05) is 13.2 Å². The predicted molar refractivity (Wildman–Crippen MR) is 167 cm³/mol. The molecule has 4 rings (SSSR count). The third-order valence-corrected chi connectivity index (χ3v) is 11.0. The number of fused-ring (bicyclic) bond motifs is 2. The topological polar surface area (TPSA) is 93.5 Å². The minimum Gasteiger partial charge on any atom is -0.410 e. The van der Waals surface area contributed by atoms with Gasteiger partial charge in [0, 0.05) is 52.1 Å². The van der Waals surface area contributed by atoms with E-state index in [1.54, 1.807) is 6.07 Å². The van der Waals surface area contributed by atoms with Gasteiger partial charge in [0.2, 0.25) is 0 Å². The lowest BCUT2D eigenvalue weighted by atomic mass is 9.76. The first-order valence-corrected chi connectivity index (χ1v) is 21.9. The summed E-state index contributed by atoms with van der Waals surface area (Å²) in [5.74, 6) is 0.415. The SMILES string of the molecule is CC1(C)CCc2c(-c3cc4ccc(OC(N)=O)cc4n3COCC[Si](C)(C)C)nn(COCC[Si](C)(C)C)c2C1. The van der Waals surface area contributed by atoms with Crippen LogP contribution in [-0.4, -0.2) is 49.8 Å². The van der Waals surface area contributed by atoms with Gasteiger partial charge < -0.3 is 24.5 Å². The number of aromatic nitrogens is 3. The zero-order valence-electron chi connectivity index (χ0n) is 25.7. The van der Waals surface area contributed by atoms with Crippen LogP contribution in [0.15, 0.2) is 24.3 Å². The first kappa shape index (κ1) is 30.6. The highest BCUT2D eigenvalue weighted by Gasteiger charge is 2.32. The lowest BCUT2D eigenvalue weighted by molar-refractivity contribution is 0.0747. The molecule has 2 N–H and O–H groups in total. The molecule has 2 heterocycles. The molecule has 0 fully saturated rings. The molecule has 1 aliphatic carbocycles. The van der Waals surface area contributed by atoms with Crippen LogP contribution in [0.25, 0.3) is 22.3 Å². The van der Waals surface area contributed by atoms with Gasteiger partial charge in [0.05, 0.1) is 11.2 Å². The van der Waals surface area contributed by atoms with Gasteiger partial charge in [0.25, 0.3) is 0 Å². The van der Waals surface area contributed by atoms with E-state index in [1.165, 1.54) is 11.3 Å². The van der Waals surface area contributed by atoms with Crippen LogP contribution >= 0.6 is 0 Å². The molecule has 1 aliphatic rings. The van der Waals surface area contributed by atoms with E-state index in [4.69, 9.17) is 25.0 Å². The highest BCUT2D eigenvalue weighted by molar-refractivity contribution is 6.76. The van der Waals surface area contributed by atoms with Crippen LogP contribution in [0.2, 0.25) is 51.4 Å². The maximum atomic E-state index is 11.4. The van der Waals surface area contributed by atoms with Crippen molar-refractivity contribution >= 4 is 33.1 Å². The van der Waals surface area contributed by atoms with Crippen molar-refractivity contribution in [1.29, 1.82) is 0 Å². The molecule has 8 nitrogen and oxygen atoms in total. The molecule has 220 valence electrons. The van der Waals surface area contributed by atoms with Crippen LogP contribution < -0.4 is 10.5 Å². The summed E-state index contributed by atoms with van der Waals surface area (Å²) in [6.45, 7) is 21.2. The van der Waals surface area contributed by atoms with Crippen LogP contribution in [0.1, 0.15) is 31.5 Å². The molecule has 0 saturated carbocycles. The normalized spacial score (nSPS) is 15.4. The van der Waals surface area contributed by atoms with Crippen LogP contribution in [0.3, 0.4) is 0 Å². The van der Waals surface area contributed by atoms with Gasteiger partial charge in [-0.15, -0.1) is 0 Å². The molecular weight excluding hydrogens is 537 g/mol. The lowest BCUT2D eigenvalue weighted by Gasteiger charge is -2.30. The smallest absolute Gasteiger partial charge is 0.409 e. The van der Waals surface area contributed by atoms with E-state index >= 15 is 0 Å². The monoisotopic (exact) mass is 584 g/mol. The van der Waals surface area contributed by atoms with Crippen LogP contribution in [0, 0.1) is 5.41 Å². The van der Waals surface area contributed by atoms with E-state index in [2.05, 4.69) is 68.4 Å². The molecule has 0 atom stereocenters. The third-order valence-electron chi connectivity index (χ3n) is 7.63. The molecule has 3 aromatic rings. The highest BCUT2D eigenvalue weighted by Crippen LogP contribution is 2.40. The van der Waals surface area contributed by atoms with Crippen molar-refractivity contribution in [3.05, 3.63) is 35.5 Å². The summed E-state index contributed by atoms with van der Waals surface area (Å²) in [4.78, 5) is 11.4. The fraction of sp³-hybridized carbons (Fsp3) is 0.600. The van der Waals surface area contributed by atoms with Gasteiger partial charge >= 0.3 is 6.09 Å². The van der Waals surface area contributed by atoms with Gasteiger partial charge in [-0.05, 0) is 55.0 Å². The molecule has 1 aromatic carbocycles. The van der Waals surface area contributed by atoms with Gasteiger partial charge in [-0.2, -0.15) is 5.10 Å². The quantitative estimate of drug-likeness (QED) is 0.181. The Labute approximate surface area is 241 Å². The van der Waals surface area contributed by atoms with Crippen molar-refractivity contribution in [2.24, 2.45) is 11.1 Å². The van der Waals surface area contributed by atoms with Gasteiger partial charge in [0.1, 0.15) is 24.9 Å². The summed E-state index contributed by atoms with van der Waals surface area (Å²) in [5, 5.41) is 6.22. The fourth-order valence-electron chi connectivity index (χ4n) is 5.12. The molecule has 0 saturated heterocycles. The zero-order chi connectivity index (χ0) is 29.3. The van der Waals surface area contributed by atoms with Crippen molar-refractivity contribution < 1.29 is 19.0 Å². The number of nitrogens with zero attached hydrogens (tertiary/aromatic N) is 3. The van der Waals surface area contributed by atoms with Crippen LogP contribution in [-0.2, 0) is 35.8 Å². The summed E-state index contributed by atoms with van der Waals surface area (Å²) in [7, 11) is -2.40. The number of amides is 1. The average Bonchev–Trinajstić information content (AvgIpc) is 3.34. The summed E-state index contributed by atoms with van der Waals surface area (Å²) in [6, 6.07) is 9.98. The number of benzene rings is 1. The Balaban J connectivity index is 1.73. The Kier molecular flexibility index (Phi) is 9.04. The molecule has 1 amide bonds. The Morgan fingerprint density at radius 1 is 1.00 bits per heavy atom. The first-order chi connectivity index (χ1) is 18.6. The number of hydrogen-bond acceptors (Lipinski definition) is 5. The van der Waals surface area contributed by atoms with Crippen molar-refractivity contribution in [3.63, 3.8) is 0 Å². The standard InChI is InChI=1S/C30H48N4O4Si2/c1-30(2)12-11-24-27(19-30)34(21-37-14-16-40(6,7)8)32-28(24)26-17-22-9-10-23(38-29(31)35)18-25(22)33(26)20-36-13-15-39(3,4)5/h9-10,17-18H,11-16,19-21H2,1-8H3,(H2,31,35).